The molecule has 2 atom stereocenters. The van der Waals surface area contributed by atoms with Crippen molar-refractivity contribution in [2.24, 2.45) is 0 Å². The first kappa shape index (κ1) is 23.0. The number of benzene rings is 3. The maximum Gasteiger partial charge on any atom is 0.254 e. The number of rotatable bonds is 6. The van der Waals surface area contributed by atoms with Gasteiger partial charge in [0, 0.05) is 18.7 Å². The topological polar surface area (TPSA) is 67.9 Å². The largest absolute Gasteiger partial charge is 0.493 e. The quantitative estimate of drug-likeness (QED) is 0.579. The highest BCUT2D eigenvalue weighted by molar-refractivity contribution is 6.02. The summed E-state index contributed by atoms with van der Waals surface area (Å²) in [7, 11) is 3.11. The Kier molecular flexibility index (Phi) is 6.20. The number of nitrogens with one attached hydrogen (secondary N) is 1. The molecule has 35 heavy (non-hydrogen) atoms. The Morgan fingerprint density at radius 1 is 0.971 bits per heavy atom. The van der Waals surface area contributed by atoms with E-state index in [9.17, 15) is 9.59 Å². The average molecular weight is 471 g/mol. The second-order valence-corrected chi connectivity index (χ2v) is 9.05. The maximum absolute atomic E-state index is 13.9. The third kappa shape index (κ3) is 4.03. The number of hydrogen-bond donors (Lipinski definition) is 1. The summed E-state index contributed by atoms with van der Waals surface area (Å²) in [5.41, 5.74) is 5.67. The smallest absolute Gasteiger partial charge is 0.254 e. The number of hydrogen-bond acceptors (Lipinski definition) is 4. The van der Waals surface area contributed by atoms with Gasteiger partial charge in [-0.05, 0) is 52.8 Å². The normalized spacial score (nSPS) is 18.3. The molecule has 0 saturated carbocycles. The van der Waals surface area contributed by atoms with E-state index in [4.69, 9.17) is 9.47 Å². The lowest BCUT2D eigenvalue weighted by Gasteiger charge is -2.45. The lowest BCUT2D eigenvalue weighted by molar-refractivity contribution is -0.124. The summed E-state index contributed by atoms with van der Waals surface area (Å²) in [5, 5.41) is 3.14. The molecule has 0 spiro atoms. The van der Waals surface area contributed by atoms with E-state index in [1.165, 1.54) is 11.1 Å². The van der Waals surface area contributed by atoms with E-state index < -0.39 is 5.92 Å². The maximum atomic E-state index is 13.9. The highest BCUT2D eigenvalue weighted by atomic mass is 16.5. The van der Waals surface area contributed by atoms with Gasteiger partial charge in [0.1, 0.15) is 0 Å². The molecule has 0 unspecified atom stereocenters. The van der Waals surface area contributed by atoms with Gasteiger partial charge in [-0.1, -0.05) is 55.5 Å². The van der Waals surface area contributed by atoms with Crippen molar-refractivity contribution in [3.63, 3.8) is 0 Å². The monoisotopic (exact) mass is 470 g/mol. The third-order valence-electron chi connectivity index (χ3n) is 7.21. The van der Waals surface area contributed by atoms with Gasteiger partial charge in [0.2, 0.25) is 5.91 Å². The van der Waals surface area contributed by atoms with E-state index in [0.29, 0.717) is 35.7 Å². The molecule has 5 rings (SSSR count). The molecule has 180 valence electrons. The van der Waals surface area contributed by atoms with E-state index in [2.05, 4.69) is 30.4 Å². The molecule has 2 amide bonds. The van der Waals surface area contributed by atoms with Gasteiger partial charge in [0.25, 0.3) is 5.91 Å². The Morgan fingerprint density at radius 2 is 1.66 bits per heavy atom. The number of fused-ring (bicyclic) bond motifs is 4. The summed E-state index contributed by atoms with van der Waals surface area (Å²) in [5.74, 6) is 0.214. The van der Waals surface area contributed by atoms with Crippen LogP contribution in [0.2, 0.25) is 0 Å². The number of carbonyl (C=O) groups excluding carboxylic acids is 2. The van der Waals surface area contributed by atoms with Gasteiger partial charge in [-0.2, -0.15) is 0 Å². The molecule has 6 heteroatoms. The van der Waals surface area contributed by atoms with Crippen LogP contribution in [-0.2, 0) is 24.2 Å². The highest BCUT2D eigenvalue weighted by Crippen LogP contribution is 2.48. The summed E-state index contributed by atoms with van der Waals surface area (Å²) in [6, 6.07) is 19.5. The molecular formula is C29H30N2O4. The zero-order valence-corrected chi connectivity index (χ0v) is 20.3. The molecule has 6 nitrogen and oxygen atoms in total. The summed E-state index contributed by atoms with van der Waals surface area (Å²) in [6.45, 7) is 3.11. The standard InChI is InChI=1S/C29H30N2O4/c1-4-18-9-11-19(12-10-18)17-30-28(32)26-22-15-24(34-2)25(35-3)16-23(22)29(33)31-14-13-20-7-5-6-8-21(20)27(26)31/h5-12,15-16,26-27H,4,13-14,17H2,1-3H3,(H,30,32)/t26-,27+/m0/s1. The van der Waals surface area contributed by atoms with Crippen LogP contribution in [0.3, 0.4) is 0 Å². The molecule has 2 aliphatic rings. The van der Waals surface area contributed by atoms with Crippen molar-refractivity contribution < 1.29 is 19.1 Å². The van der Waals surface area contributed by atoms with Gasteiger partial charge >= 0.3 is 0 Å². The number of carbonyl (C=O) groups is 2. The summed E-state index contributed by atoms with van der Waals surface area (Å²) >= 11 is 0. The summed E-state index contributed by atoms with van der Waals surface area (Å²) < 4.78 is 11.0. The fraction of sp³-hybridized carbons (Fsp3) is 0.310. The van der Waals surface area contributed by atoms with Gasteiger partial charge < -0.3 is 19.7 Å². The van der Waals surface area contributed by atoms with Crippen LogP contribution >= 0.6 is 0 Å². The van der Waals surface area contributed by atoms with Crippen LogP contribution in [0.4, 0.5) is 0 Å². The van der Waals surface area contributed by atoms with Gasteiger partial charge in [0.05, 0.1) is 26.2 Å². The average Bonchev–Trinajstić information content (AvgIpc) is 2.91. The molecular weight excluding hydrogens is 440 g/mol. The van der Waals surface area contributed by atoms with Crippen molar-refractivity contribution in [3.8, 4) is 11.5 Å². The lowest BCUT2D eigenvalue weighted by atomic mass is 9.75. The fourth-order valence-electron chi connectivity index (χ4n) is 5.32. The zero-order chi connectivity index (χ0) is 24.5. The number of nitrogens with zero attached hydrogens (tertiary/aromatic N) is 1. The van der Waals surface area contributed by atoms with E-state index in [1.54, 1.807) is 26.4 Å². The Bertz CT molecular complexity index is 1270. The molecule has 0 aliphatic carbocycles. The van der Waals surface area contributed by atoms with E-state index >= 15 is 0 Å². The van der Waals surface area contributed by atoms with Crippen molar-refractivity contribution in [2.75, 3.05) is 20.8 Å². The Balaban J connectivity index is 1.57. The first-order valence-electron chi connectivity index (χ1n) is 12.1. The molecule has 0 bridgehead atoms. The van der Waals surface area contributed by atoms with Gasteiger partial charge in [-0.15, -0.1) is 0 Å². The van der Waals surface area contributed by atoms with E-state index in [-0.39, 0.29) is 17.9 Å². The summed E-state index contributed by atoms with van der Waals surface area (Å²) in [6.07, 6.45) is 1.74. The van der Waals surface area contributed by atoms with Gasteiger partial charge in [-0.25, -0.2) is 0 Å². The molecule has 3 aromatic rings. The zero-order valence-electron chi connectivity index (χ0n) is 20.3. The molecule has 0 fully saturated rings. The van der Waals surface area contributed by atoms with Gasteiger partial charge in [-0.3, -0.25) is 9.59 Å². The van der Waals surface area contributed by atoms with Crippen LogP contribution in [0.5, 0.6) is 11.5 Å². The second-order valence-electron chi connectivity index (χ2n) is 9.05. The highest BCUT2D eigenvalue weighted by Gasteiger charge is 2.46. The molecule has 2 heterocycles. The predicted molar refractivity (Wildman–Crippen MR) is 134 cm³/mol. The minimum absolute atomic E-state index is 0.0836. The van der Waals surface area contributed by atoms with Crippen molar-refractivity contribution >= 4 is 11.8 Å². The van der Waals surface area contributed by atoms with Crippen molar-refractivity contribution in [1.29, 1.82) is 0 Å². The third-order valence-corrected chi connectivity index (χ3v) is 7.21. The van der Waals surface area contributed by atoms with Crippen LogP contribution in [0, 0.1) is 0 Å². The molecule has 1 N–H and O–H groups in total. The number of aryl methyl sites for hydroxylation is 1. The second kappa shape index (κ2) is 9.45. The van der Waals surface area contributed by atoms with Crippen LogP contribution in [-0.4, -0.2) is 37.5 Å². The van der Waals surface area contributed by atoms with Crippen LogP contribution in [0.25, 0.3) is 0 Å². The van der Waals surface area contributed by atoms with E-state index in [0.717, 1.165) is 24.0 Å². The number of ether oxygens (including phenoxy) is 2. The van der Waals surface area contributed by atoms with E-state index in [1.807, 2.05) is 35.2 Å². The first-order chi connectivity index (χ1) is 17.0. The van der Waals surface area contributed by atoms with Crippen molar-refractivity contribution in [2.45, 2.75) is 38.3 Å². The Labute approximate surface area is 205 Å². The van der Waals surface area contributed by atoms with Crippen molar-refractivity contribution in [1.82, 2.24) is 10.2 Å². The van der Waals surface area contributed by atoms with Gasteiger partial charge in [0.15, 0.2) is 11.5 Å². The fourth-order valence-corrected chi connectivity index (χ4v) is 5.32. The molecule has 0 aromatic heterocycles. The minimum atomic E-state index is -0.570. The molecule has 0 saturated heterocycles. The molecule has 3 aromatic carbocycles. The Morgan fingerprint density at radius 3 is 2.37 bits per heavy atom. The van der Waals surface area contributed by atoms with Crippen LogP contribution in [0.15, 0.2) is 60.7 Å². The van der Waals surface area contributed by atoms with Crippen LogP contribution in [0.1, 0.15) is 57.1 Å². The first-order valence-corrected chi connectivity index (χ1v) is 12.1. The molecule has 0 radical (unpaired) electrons. The molecule has 2 aliphatic heterocycles. The van der Waals surface area contributed by atoms with Crippen LogP contribution < -0.4 is 14.8 Å². The summed E-state index contributed by atoms with van der Waals surface area (Å²) in [4.78, 5) is 29.3. The lowest BCUT2D eigenvalue weighted by Crippen LogP contribution is -2.50. The predicted octanol–water partition coefficient (Wildman–Crippen LogP) is 4.42. The minimum Gasteiger partial charge on any atom is -0.493 e. The number of methoxy groups -OCH3 is 2. The number of amides is 2. The van der Waals surface area contributed by atoms with Crippen molar-refractivity contribution in [3.05, 3.63) is 94.0 Å². The Hall–Kier alpha value is -3.80. The SMILES string of the molecule is CCc1ccc(CNC(=O)[C@H]2c3cc(OC)c(OC)cc3C(=O)N3CCc4ccccc4[C@H]23)cc1.